The average molecular weight is 315 g/mol. The first-order chi connectivity index (χ1) is 11.3. The molecule has 4 heteroatoms. The number of imidazole rings is 1. The van der Waals surface area contributed by atoms with Gasteiger partial charge in [-0.05, 0) is 32.1 Å². The molecule has 0 saturated heterocycles. The molecule has 1 atom stereocenters. The van der Waals surface area contributed by atoms with Gasteiger partial charge in [-0.25, -0.2) is 4.98 Å². The summed E-state index contributed by atoms with van der Waals surface area (Å²) in [5.41, 5.74) is 1.28. The molecule has 1 aliphatic heterocycles. The molecule has 2 heterocycles. The van der Waals surface area contributed by atoms with Crippen LogP contribution >= 0.6 is 0 Å². The normalized spacial score (nSPS) is 26.2. The molecule has 2 aliphatic carbocycles. The number of carbonyl (C=O) groups excluding carboxylic acids is 1. The molecule has 2 fully saturated rings. The molecular formula is C19H29N3O. The Bertz CT molecular complexity index is 553. The van der Waals surface area contributed by atoms with E-state index in [0.29, 0.717) is 12.0 Å². The number of hydrogen-bond donors (Lipinski definition) is 1. The number of aromatic nitrogens is 2. The highest BCUT2D eigenvalue weighted by molar-refractivity contribution is 5.79. The number of carbonyl (C=O) groups is 1. The molecule has 23 heavy (non-hydrogen) atoms. The van der Waals surface area contributed by atoms with Crippen molar-refractivity contribution in [3.05, 3.63) is 17.7 Å². The lowest BCUT2D eigenvalue weighted by Gasteiger charge is -2.28. The maximum atomic E-state index is 12.5. The van der Waals surface area contributed by atoms with Gasteiger partial charge in [-0.1, -0.05) is 32.1 Å². The molecule has 4 rings (SSSR count). The van der Waals surface area contributed by atoms with Gasteiger partial charge in [0.25, 0.3) is 0 Å². The first-order valence-corrected chi connectivity index (χ1v) is 9.66. The second-order valence-electron chi connectivity index (χ2n) is 7.77. The van der Waals surface area contributed by atoms with Gasteiger partial charge in [0.1, 0.15) is 5.82 Å². The Morgan fingerprint density at radius 2 is 1.78 bits per heavy atom. The molecule has 0 spiro atoms. The molecular weight excluding hydrogens is 286 g/mol. The van der Waals surface area contributed by atoms with Crippen molar-refractivity contribution < 1.29 is 4.79 Å². The molecule has 1 aromatic heterocycles. The predicted molar refractivity (Wildman–Crippen MR) is 90.3 cm³/mol. The summed E-state index contributed by atoms with van der Waals surface area (Å²) in [6.45, 7) is 0.976. The van der Waals surface area contributed by atoms with Crippen LogP contribution in [-0.4, -0.2) is 21.5 Å². The Hall–Kier alpha value is -1.32. The molecule has 0 aromatic carbocycles. The summed E-state index contributed by atoms with van der Waals surface area (Å²) in [7, 11) is 0. The number of nitrogens with zero attached hydrogens (tertiary/aromatic N) is 2. The van der Waals surface area contributed by atoms with Gasteiger partial charge in [0, 0.05) is 42.7 Å². The van der Waals surface area contributed by atoms with Crippen LogP contribution in [0.5, 0.6) is 0 Å². The van der Waals surface area contributed by atoms with Crippen molar-refractivity contribution in [1.82, 2.24) is 14.9 Å². The summed E-state index contributed by atoms with van der Waals surface area (Å²) in [5, 5.41) is 3.28. The summed E-state index contributed by atoms with van der Waals surface area (Å²) in [6, 6.07) is 0.437. The summed E-state index contributed by atoms with van der Waals surface area (Å²) in [6.07, 6.45) is 15.4. The van der Waals surface area contributed by atoms with Crippen LogP contribution in [0.4, 0.5) is 0 Å². The first-order valence-electron chi connectivity index (χ1n) is 9.66. The summed E-state index contributed by atoms with van der Waals surface area (Å²) in [5.74, 6) is 2.39. The molecule has 1 N–H and O–H groups in total. The molecule has 1 amide bonds. The Morgan fingerprint density at radius 3 is 2.57 bits per heavy atom. The number of nitrogens with one attached hydrogen (secondary N) is 1. The zero-order valence-electron chi connectivity index (χ0n) is 14.1. The SMILES string of the molecule is O=C(NC1CCCC1)[C@H]1CCn2c(cnc2C2CCCCC2)C1. The zero-order valence-corrected chi connectivity index (χ0v) is 14.1. The Kier molecular flexibility index (Phi) is 4.41. The highest BCUT2D eigenvalue weighted by atomic mass is 16.1. The van der Waals surface area contributed by atoms with E-state index in [1.165, 1.54) is 69.3 Å². The van der Waals surface area contributed by atoms with E-state index in [0.717, 1.165) is 19.4 Å². The average Bonchev–Trinajstić information content (AvgIpc) is 3.24. The molecule has 4 nitrogen and oxygen atoms in total. The van der Waals surface area contributed by atoms with Gasteiger partial charge in [0.2, 0.25) is 5.91 Å². The smallest absolute Gasteiger partial charge is 0.223 e. The van der Waals surface area contributed by atoms with E-state index in [2.05, 4.69) is 9.88 Å². The van der Waals surface area contributed by atoms with Crippen molar-refractivity contribution in [1.29, 1.82) is 0 Å². The second-order valence-corrected chi connectivity index (χ2v) is 7.77. The van der Waals surface area contributed by atoms with Crippen LogP contribution in [0.15, 0.2) is 6.20 Å². The number of rotatable bonds is 3. The van der Waals surface area contributed by atoms with Gasteiger partial charge in [-0.15, -0.1) is 0 Å². The fourth-order valence-corrected chi connectivity index (χ4v) is 4.79. The quantitative estimate of drug-likeness (QED) is 0.927. The van der Waals surface area contributed by atoms with Gasteiger partial charge in [0.15, 0.2) is 0 Å². The zero-order chi connectivity index (χ0) is 15.6. The van der Waals surface area contributed by atoms with Gasteiger partial charge in [-0.3, -0.25) is 4.79 Å². The molecule has 0 bridgehead atoms. The fourth-order valence-electron chi connectivity index (χ4n) is 4.79. The van der Waals surface area contributed by atoms with E-state index in [4.69, 9.17) is 4.98 Å². The summed E-state index contributed by atoms with van der Waals surface area (Å²) in [4.78, 5) is 17.3. The van der Waals surface area contributed by atoms with Crippen molar-refractivity contribution in [3.8, 4) is 0 Å². The summed E-state index contributed by atoms with van der Waals surface area (Å²) < 4.78 is 2.43. The van der Waals surface area contributed by atoms with Gasteiger partial charge in [-0.2, -0.15) is 0 Å². The second kappa shape index (κ2) is 6.66. The van der Waals surface area contributed by atoms with Crippen LogP contribution in [0.25, 0.3) is 0 Å². The van der Waals surface area contributed by atoms with Crippen LogP contribution in [-0.2, 0) is 17.8 Å². The minimum Gasteiger partial charge on any atom is -0.353 e. The number of hydrogen-bond acceptors (Lipinski definition) is 2. The van der Waals surface area contributed by atoms with Crippen molar-refractivity contribution in [2.45, 2.75) is 89.1 Å². The van der Waals surface area contributed by atoms with Crippen LogP contribution < -0.4 is 5.32 Å². The van der Waals surface area contributed by atoms with Gasteiger partial charge < -0.3 is 9.88 Å². The van der Waals surface area contributed by atoms with Crippen LogP contribution in [0, 0.1) is 5.92 Å². The van der Waals surface area contributed by atoms with E-state index in [1.54, 1.807) is 0 Å². The van der Waals surface area contributed by atoms with Gasteiger partial charge in [0.05, 0.1) is 0 Å². The van der Waals surface area contributed by atoms with Crippen molar-refractivity contribution in [2.75, 3.05) is 0 Å². The maximum absolute atomic E-state index is 12.5. The lowest BCUT2D eigenvalue weighted by molar-refractivity contribution is -0.126. The van der Waals surface area contributed by atoms with Crippen molar-refractivity contribution in [2.24, 2.45) is 5.92 Å². The highest BCUT2D eigenvalue weighted by Gasteiger charge is 2.30. The standard InChI is InChI=1S/C19H29N3O/c23-19(21-16-8-4-5-9-16)15-10-11-22-17(12-15)13-20-18(22)14-6-2-1-3-7-14/h13-16H,1-12H2,(H,21,23)/t15-/m0/s1. The van der Waals surface area contributed by atoms with E-state index >= 15 is 0 Å². The molecule has 3 aliphatic rings. The van der Waals surface area contributed by atoms with Crippen LogP contribution in [0.2, 0.25) is 0 Å². The monoisotopic (exact) mass is 315 g/mol. The lowest BCUT2D eigenvalue weighted by atomic mass is 9.88. The van der Waals surface area contributed by atoms with Gasteiger partial charge >= 0.3 is 0 Å². The summed E-state index contributed by atoms with van der Waals surface area (Å²) >= 11 is 0. The topological polar surface area (TPSA) is 46.9 Å². The van der Waals surface area contributed by atoms with E-state index < -0.39 is 0 Å². The molecule has 1 aromatic rings. The minimum atomic E-state index is 0.152. The third-order valence-corrected chi connectivity index (χ3v) is 6.17. The minimum absolute atomic E-state index is 0.152. The Balaban J connectivity index is 1.41. The third kappa shape index (κ3) is 3.17. The number of amides is 1. The lowest BCUT2D eigenvalue weighted by Crippen LogP contribution is -2.40. The van der Waals surface area contributed by atoms with E-state index in [9.17, 15) is 4.79 Å². The number of fused-ring (bicyclic) bond motifs is 1. The fraction of sp³-hybridized carbons (Fsp3) is 0.789. The molecule has 0 radical (unpaired) electrons. The van der Waals surface area contributed by atoms with E-state index in [-0.39, 0.29) is 11.8 Å². The highest BCUT2D eigenvalue weighted by Crippen LogP contribution is 2.34. The molecule has 2 saturated carbocycles. The third-order valence-electron chi connectivity index (χ3n) is 6.17. The molecule has 126 valence electrons. The Labute approximate surface area is 139 Å². The van der Waals surface area contributed by atoms with E-state index in [1.807, 2.05) is 6.20 Å². The first kappa shape index (κ1) is 15.2. The van der Waals surface area contributed by atoms with Crippen molar-refractivity contribution >= 4 is 5.91 Å². The van der Waals surface area contributed by atoms with Crippen molar-refractivity contribution in [3.63, 3.8) is 0 Å². The predicted octanol–water partition coefficient (Wildman–Crippen LogP) is 3.55. The largest absolute Gasteiger partial charge is 0.353 e. The maximum Gasteiger partial charge on any atom is 0.223 e. The molecule has 0 unspecified atom stereocenters. The Morgan fingerprint density at radius 1 is 1.04 bits per heavy atom. The van der Waals surface area contributed by atoms with Crippen LogP contribution in [0.1, 0.15) is 81.6 Å². The van der Waals surface area contributed by atoms with Crippen LogP contribution in [0.3, 0.4) is 0 Å².